The summed E-state index contributed by atoms with van der Waals surface area (Å²) in [6, 6.07) is 13.1. The third kappa shape index (κ3) is 3.61. The first kappa shape index (κ1) is 22.1. The van der Waals surface area contributed by atoms with E-state index in [0.29, 0.717) is 54.3 Å². The first-order chi connectivity index (χ1) is 16.3. The van der Waals surface area contributed by atoms with E-state index in [-0.39, 0.29) is 11.8 Å². The average Bonchev–Trinajstić information content (AvgIpc) is 2.84. The molecule has 0 saturated carbocycles. The minimum absolute atomic E-state index is 0.0880. The van der Waals surface area contributed by atoms with E-state index < -0.39 is 5.72 Å². The first-order valence-corrected chi connectivity index (χ1v) is 11.4. The zero-order valence-electron chi connectivity index (χ0n) is 19.9. The highest BCUT2D eigenvalue weighted by molar-refractivity contribution is 6.03. The zero-order chi connectivity index (χ0) is 24.0. The number of methoxy groups -OCH3 is 2. The highest BCUT2D eigenvalue weighted by atomic mass is 16.5. The lowest BCUT2D eigenvalue weighted by molar-refractivity contribution is -0.0246. The number of hydrogen-bond acceptors (Lipinski definition) is 5. The summed E-state index contributed by atoms with van der Waals surface area (Å²) in [6.45, 7) is 4.91. The molecule has 2 aliphatic heterocycles. The van der Waals surface area contributed by atoms with Gasteiger partial charge in [0.1, 0.15) is 17.2 Å². The average molecular weight is 461 g/mol. The first-order valence-electron chi connectivity index (χ1n) is 11.4. The Hall–Kier alpha value is -3.74. The van der Waals surface area contributed by atoms with Crippen LogP contribution in [0.4, 0.5) is 0 Å². The van der Waals surface area contributed by atoms with Crippen LogP contribution in [0.5, 0.6) is 17.2 Å². The van der Waals surface area contributed by atoms with Crippen molar-refractivity contribution in [1.82, 2.24) is 10.2 Å². The summed E-state index contributed by atoms with van der Waals surface area (Å²) in [4.78, 5) is 28.0. The van der Waals surface area contributed by atoms with Gasteiger partial charge in [-0.3, -0.25) is 9.59 Å². The van der Waals surface area contributed by atoms with Crippen molar-refractivity contribution in [3.8, 4) is 17.2 Å². The minimum Gasteiger partial charge on any atom is -0.496 e. The van der Waals surface area contributed by atoms with Crippen molar-refractivity contribution in [3.05, 3.63) is 64.7 Å². The molecule has 2 amide bonds. The lowest BCUT2D eigenvalue weighted by Crippen LogP contribution is -2.61. The van der Waals surface area contributed by atoms with E-state index in [1.165, 1.54) is 0 Å². The predicted octanol–water partition coefficient (Wildman–Crippen LogP) is 4.23. The monoisotopic (exact) mass is 460 g/mol. The Morgan fingerprint density at radius 1 is 0.971 bits per heavy atom. The van der Waals surface area contributed by atoms with E-state index in [9.17, 15) is 9.59 Å². The number of piperidine rings is 1. The fourth-order valence-electron chi connectivity index (χ4n) is 4.84. The van der Waals surface area contributed by atoms with Crippen LogP contribution in [-0.2, 0) is 0 Å². The number of ether oxygens (including phenoxy) is 3. The quantitative estimate of drug-likeness (QED) is 0.633. The number of likely N-dealkylation sites (tertiary alicyclic amines) is 1. The summed E-state index contributed by atoms with van der Waals surface area (Å²) in [7, 11) is 3.20. The van der Waals surface area contributed by atoms with Gasteiger partial charge in [-0.15, -0.1) is 0 Å². The van der Waals surface area contributed by atoms with Gasteiger partial charge in [-0.1, -0.05) is 12.1 Å². The molecule has 1 spiro atoms. The molecule has 1 N–H and O–H groups in total. The van der Waals surface area contributed by atoms with E-state index >= 15 is 0 Å². The summed E-state index contributed by atoms with van der Waals surface area (Å²) in [6.07, 6.45) is 1.01. The van der Waals surface area contributed by atoms with Crippen LogP contribution in [-0.4, -0.2) is 49.7 Å². The maximum atomic E-state index is 13.4. The van der Waals surface area contributed by atoms with Gasteiger partial charge >= 0.3 is 0 Å². The van der Waals surface area contributed by atoms with Gasteiger partial charge in [0.05, 0.1) is 19.8 Å². The Morgan fingerprint density at radius 2 is 1.68 bits per heavy atom. The Kier molecular flexibility index (Phi) is 5.35. The third-order valence-electron chi connectivity index (χ3n) is 6.95. The normalized spacial score (nSPS) is 16.6. The third-order valence-corrected chi connectivity index (χ3v) is 6.95. The Morgan fingerprint density at radius 3 is 2.38 bits per heavy atom. The van der Waals surface area contributed by atoms with Crippen LogP contribution in [0.3, 0.4) is 0 Å². The van der Waals surface area contributed by atoms with Gasteiger partial charge in [0.2, 0.25) is 0 Å². The van der Waals surface area contributed by atoms with E-state index in [0.717, 1.165) is 21.9 Å². The number of hydrogen-bond donors (Lipinski definition) is 1. The number of fused-ring (bicyclic) bond motifs is 2. The van der Waals surface area contributed by atoms with Gasteiger partial charge in [0.25, 0.3) is 11.8 Å². The van der Waals surface area contributed by atoms with Crippen LogP contribution in [0.25, 0.3) is 10.8 Å². The standard InChI is InChI=1S/C27H28N2O5/c1-16-12-21-24(13-17(16)2)34-27(28-25(21)30)8-10-29(11-9-27)26(31)18-14-20-19(23(15-18)33-4)6-5-7-22(20)32-3/h5-7,12-15H,8-11H2,1-4H3,(H,28,30). The second-order valence-electron chi connectivity index (χ2n) is 9.01. The van der Waals surface area contributed by atoms with Crippen molar-refractivity contribution in [2.45, 2.75) is 32.4 Å². The van der Waals surface area contributed by atoms with Gasteiger partial charge in [0.15, 0.2) is 5.72 Å². The van der Waals surface area contributed by atoms with E-state index in [1.54, 1.807) is 25.2 Å². The van der Waals surface area contributed by atoms with Crippen LogP contribution in [0.2, 0.25) is 0 Å². The summed E-state index contributed by atoms with van der Waals surface area (Å²) in [5, 5.41) is 4.77. The second-order valence-corrected chi connectivity index (χ2v) is 9.01. The fourth-order valence-corrected chi connectivity index (χ4v) is 4.84. The molecule has 3 aromatic carbocycles. The Balaban J connectivity index is 1.38. The molecule has 1 fully saturated rings. The number of aryl methyl sites for hydroxylation is 2. The van der Waals surface area contributed by atoms with E-state index in [1.807, 2.05) is 50.2 Å². The smallest absolute Gasteiger partial charge is 0.258 e. The number of carbonyl (C=O) groups excluding carboxylic acids is 2. The van der Waals surface area contributed by atoms with Gasteiger partial charge < -0.3 is 24.4 Å². The zero-order valence-corrected chi connectivity index (χ0v) is 19.9. The summed E-state index contributed by atoms with van der Waals surface area (Å²) in [5.74, 6) is 1.70. The molecule has 0 bridgehead atoms. The maximum Gasteiger partial charge on any atom is 0.258 e. The maximum absolute atomic E-state index is 13.4. The van der Waals surface area contributed by atoms with E-state index in [4.69, 9.17) is 14.2 Å². The Labute approximate surface area is 198 Å². The van der Waals surface area contributed by atoms with Gasteiger partial charge in [-0.05, 0) is 55.3 Å². The van der Waals surface area contributed by atoms with Crippen molar-refractivity contribution in [3.63, 3.8) is 0 Å². The number of nitrogens with zero attached hydrogens (tertiary/aromatic N) is 1. The summed E-state index contributed by atoms with van der Waals surface area (Å²) in [5.41, 5.74) is 2.43. The number of benzene rings is 3. The highest BCUT2D eigenvalue weighted by Gasteiger charge is 2.43. The molecule has 2 aliphatic rings. The molecule has 34 heavy (non-hydrogen) atoms. The minimum atomic E-state index is -0.799. The molecule has 7 nitrogen and oxygen atoms in total. The molecule has 7 heteroatoms. The molecule has 176 valence electrons. The van der Waals surface area contributed by atoms with Crippen LogP contribution in [0.1, 0.15) is 44.7 Å². The molecule has 0 aromatic heterocycles. The molecule has 0 radical (unpaired) electrons. The molecule has 2 heterocycles. The molecular weight excluding hydrogens is 432 g/mol. The lowest BCUT2D eigenvalue weighted by Gasteiger charge is -2.44. The number of carbonyl (C=O) groups is 2. The van der Waals surface area contributed by atoms with Crippen molar-refractivity contribution < 1.29 is 23.8 Å². The largest absolute Gasteiger partial charge is 0.496 e. The van der Waals surface area contributed by atoms with Crippen molar-refractivity contribution in [1.29, 1.82) is 0 Å². The highest BCUT2D eigenvalue weighted by Crippen LogP contribution is 2.37. The molecule has 1 saturated heterocycles. The molecule has 5 rings (SSSR count). The molecular formula is C27H28N2O5. The van der Waals surface area contributed by atoms with Crippen LogP contribution < -0.4 is 19.5 Å². The summed E-state index contributed by atoms with van der Waals surface area (Å²) < 4.78 is 17.4. The van der Waals surface area contributed by atoms with Crippen molar-refractivity contribution in [2.75, 3.05) is 27.3 Å². The SMILES string of the molecule is COc1cc(C(=O)N2CCC3(CC2)NC(=O)c2cc(C)c(C)cc2O3)cc2c(OC)cccc12. The fraction of sp³-hybridized carbons (Fsp3) is 0.333. The summed E-state index contributed by atoms with van der Waals surface area (Å²) >= 11 is 0. The topological polar surface area (TPSA) is 77.1 Å². The van der Waals surface area contributed by atoms with Crippen LogP contribution in [0, 0.1) is 13.8 Å². The van der Waals surface area contributed by atoms with E-state index in [2.05, 4.69) is 5.32 Å². The van der Waals surface area contributed by atoms with Crippen molar-refractivity contribution >= 4 is 22.6 Å². The molecule has 3 aromatic rings. The Bertz CT molecular complexity index is 1310. The molecule has 0 atom stereocenters. The number of amides is 2. The molecule has 0 unspecified atom stereocenters. The lowest BCUT2D eigenvalue weighted by atomic mass is 9.95. The van der Waals surface area contributed by atoms with Crippen LogP contribution in [0.15, 0.2) is 42.5 Å². The molecule has 0 aliphatic carbocycles. The van der Waals surface area contributed by atoms with Gasteiger partial charge in [-0.25, -0.2) is 0 Å². The van der Waals surface area contributed by atoms with Crippen LogP contribution >= 0.6 is 0 Å². The van der Waals surface area contributed by atoms with Crippen molar-refractivity contribution in [2.24, 2.45) is 0 Å². The second kappa shape index (κ2) is 8.24. The van der Waals surface area contributed by atoms with Gasteiger partial charge in [-0.2, -0.15) is 0 Å². The predicted molar refractivity (Wildman–Crippen MR) is 129 cm³/mol. The number of rotatable bonds is 3. The number of nitrogens with one attached hydrogen (secondary N) is 1. The van der Waals surface area contributed by atoms with Gasteiger partial charge in [0, 0.05) is 42.3 Å².